The van der Waals surface area contributed by atoms with Crippen molar-refractivity contribution in [3.05, 3.63) is 40.4 Å². The standard InChI is InChI=1S/C13H13N5O2/c19-13-12-10(14-7-15-12)4-16-18(13)5-9-6-20-17-11(9)8-2-1-3-8/h4,6-8H,1-3,5H2,(H,14,15). The molecule has 0 saturated heterocycles. The maximum atomic E-state index is 12.2. The van der Waals surface area contributed by atoms with Crippen molar-refractivity contribution in [3.8, 4) is 0 Å². The Morgan fingerprint density at radius 3 is 3.15 bits per heavy atom. The van der Waals surface area contributed by atoms with Crippen molar-refractivity contribution < 1.29 is 4.52 Å². The van der Waals surface area contributed by atoms with E-state index in [2.05, 4.69) is 20.2 Å². The maximum Gasteiger partial charge on any atom is 0.295 e. The highest BCUT2D eigenvalue weighted by atomic mass is 16.5. The highest BCUT2D eigenvalue weighted by molar-refractivity contribution is 5.71. The molecule has 3 aromatic heterocycles. The highest BCUT2D eigenvalue weighted by Gasteiger charge is 2.25. The second kappa shape index (κ2) is 4.29. The van der Waals surface area contributed by atoms with Crippen molar-refractivity contribution in [3.63, 3.8) is 0 Å². The van der Waals surface area contributed by atoms with Gasteiger partial charge in [-0.15, -0.1) is 0 Å². The van der Waals surface area contributed by atoms with Crippen molar-refractivity contribution in [1.29, 1.82) is 0 Å². The Morgan fingerprint density at radius 1 is 1.45 bits per heavy atom. The fourth-order valence-electron chi connectivity index (χ4n) is 2.55. The molecule has 3 heterocycles. The first-order valence-corrected chi connectivity index (χ1v) is 6.65. The van der Waals surface area contributed by atoms with Gasteiger partial charge in [0, 0.05) is 11.5 Å². The lowest BCUT2D eigenvalue weighted by Crippen LogP contribution is -2.24. The largest absolute Gasteiger partial charge is 0.364 e. The molecule has 0 aliphatic heterocycles. The van der Waals surface area contributed by atoms with Gasteiger partial charge in [0.1, 0.15) is 6.26 Å². The summed E-state index contributed by atoms with van der Waals surface area (Å²) < 4.78 is 6.47. The average molecular weight is 271 g/mol. The summed E-state index contributed by atoms with van der Waals surface area (Å²) in [6.45, 7) is 0.372. The van der Waals surface area contributed by atoms with Gasteiger partial charge in [-0.25, -0.2) is 9.67 Å². The minimum Gasteiger partial charge on any atom is -0.364 e. The molecule has 0 spiro atoms. The number of H-pyrrole nitrogens is 1. The molecule has 4 rings (SSSR count). The summed E-state index contributed by atoms with van der Waals surface area (Å²) >= 11 is 0. The van der Waals surface area contributed by atoms with E-state index in [-0.39, 0.29) is 5.56 Å². The van der Waals surface area contributed by atoms with Crippen LogP contribution in [-0.4, -0.2) is 24.9 Å². The number of imidazole rings is 1. The summed E-state index contributed by atoms with van der Waals surface area (Å²) in [6.07, 6.45) is 8.23. The fraction of sp³-hybridized carbons (Fsp3) is 0.385. The summed E-state index contributed by atoms with van der Waals surface area (Å²) in [4.78, 5) is 19.1. The number of nitrogens with one attached hydrogen (secondary N) is 1. The van der Waals surface area contributed by atoms with Crippen LogP contribution in [0.1, 0.15) is 36.4 Å². The Morgan fingerprint density at radius 2 is 2.35 bits per heavy atom. The fourth-order valence-corrected chi connectivity index (χ4v) is 2.55. The second-order valence-electron chi connectivity index (χ2n) is 5.13. The summed E-state index contributed by atoms with van der Waals surface area (Å²) in [5, 5.41) is 8.24. The van der Waals surface area contributed by atoms with E-state index in [4.69, 9.17) is 4.52 Å². The molecular weight excluding hydrogens is 258 g/mol. The number of fused-ring (bicyclic) bond motifs is 1. The monoisotopic (exact) mass is 271 g/mol. The third-order valence-electron chi connectivity index (χ3n) is 3.92. The molecule has 0 unspecified atom stereocenters. The Hall–Kier alpha value is -2.44. The zero-order chi connectivity index (χ0) is 13.5. The third-order valence-corrected chi connectivity index (χ3v) is 3.92. The molecule has 1 fully saturated rings. The predicted molar refractivity (Wildman–Crippen MR) is 70.3 cm³/mol. The molecule has 0 bridgehead atoms. The van der Waals surface area contributed by atoms with Crippen LogP contribution in [0, 0.1) is 0 Å². The zero-order valence-electron chi connectivity index (χ0n) is 10.7. The van der Waals surface area contributed by atoms with Gasteiger partial charge in [0.25, 0.3) is 5.56 Å². The van der Waals surface area contributed by atoms with E-state index in [0.29, 0.717) is 23.5 Å². The minimum atomic E-state index is -0.204. The van der Waals surface area contributed by atoms with Gasteiger partial charge in [-0.2, -0.15) is 5.10 Å². The first-order valence-electron chi connectivity index (χ1n) is 6.65. The van der Waals surface area contributed by atoms with Gasteiger partial charge in [-0.05, 0) is 12.8 Å². The van der Waals surface area contributed by atoms with Crippen molar-refractivity contribution in [2.24, 2.45) is 0 Å². The maximum absolute atomic E-state index is 12.2. The van der Waals surface area contributed by atoms with Crippen LogP contribution >= 0.6 is 0 Å². The Kier molecular flexibility index (Phi) is 2.45. The lowest BCUT2D eigenvalue weighted by Gasteiger charge is -2.23. The number of rotatable bonds is 3. The van der Waals surface area contributed by atoms with Gasteiger partial charge in [0.05, 0.1) is 30.3 Å². The topological polar surface area (TPSA) is 89.6 Å². The Labute approximate surface area is 113 Å². The van der Waals surface area contributed by atoms with Gasteiger partial charge in [-0.1, -0.05) is 11.6 Å². The molecule has 1 N–H and O–H groups in total. The second-order valence-corrected chi connectivity index (χ2v) is 5.13. The van der Waals surface area contributed by atoms with Crippen LogP contribution < -0.4 is 5.56 Å². The van der Waals surface area contributed by atoms with Crippen LogP contribution in [0.4, 0.5) is 0 Å². The Bertz CT molecular complexity index is 811. The summed E-state index contributed by atoms with van der Waals surface area (Å²) in [7, 11) is 0. The molecule has 1 aliphatic rings. The highest BCUT2D eigenvalue weighted by Crippen LogP contribution is 2.37. The summed E-state index contributed by atoms with van der Waals surface area (Å²) in [5.41, 5.74) is 2.74. The van der Waals surface area contributed by atoms with E-state index < -0.39 is 0 Å². The molecule has 0 aromatic carbocycles. The molecule has 1 aliphatic carbocycles. The minimum absolute atomic E-state index is 0.204. The molecule has 20 heavy (non-hydrogen) atoms. The molecule has 102 valence electrons. The van der Waals surface area contributed by atoms with E-state index in [1.807, 2.05) is 0 Å². The number of hydrogen-bond acceptors (Lipinski definition) is 5. The lowest BCUT2D eigenvalue weighted by molar-refractivity contribution is 0.363. The van der Waals surface area contributed by atoms with Crippen molar-refractivity contribution in [2.75, 3.05) is 0 Å². The zero-order valence-corrected chi connectivity index (χ0v) is 10.7. The predicted octanol–water partition coefficient (Wildman–Crippen LogP) is 1.42. The van der Waals surface area contributed by atoms with Gasteiger partial charge < -0.3 is 9.51 Å². The first-order chi connectivity index (χ1) is 9.83. The van der Waals surface area contributed by atoms with Crippen molar-refractivity contribution >= 4 is 11.0 Å². The number of hydrogen-bond donors (Lipinski definition) is 1. The number of aromatic amines is 1. The van der Waals surface area contributed by atoms with Gasteiger partial charge in [0.2, 0.25) is 0 Å². The van der Waals surface area contributed by atoms with Crippen LogP contribution in [-0.2, 0) is 6.54 Å². The van der Waals surface area contributed by atoms with E-state index in [0.717, 1.165) is 24.1 Å². The van der Waals surface area contributed by atoms with E-state index in [1.165, 1.54) is 17.4 Å². The quantitative estimate of drug-likeness (QED) is 0.778. The van der Waals surface area contributed by atoms with Gasteiger partial charge in [-0.3, -0.25) is 4.79 Å². The van der Waals surface area contributed by atoms with Crippen LogP contribution in [0.3, 0.4) is 0 Å². The molecule has 1 saturated carbocycles. The van der Waals surface area contributed by atoms with Crippen molar-refractivity contribution in [2.45, 2.75) is 31.7 Å². The summed E-state index contributed by atoms with van der Waals surface area (Å²) in [5.74, 6) is 0.466. The molecule has 0 radical (unpaired) electrons. The Balaban J connectivity index is 1.72. The lowest BCUT2D eigenvalue weighted by atomic mass is 9.81. The SMILES string of the molecule is O=c1c2nc[nH]c2cnn1Cc1conc1C1CCC1. The van der Waals surface area contributed by atoms with Gasteiger partial charge >= 0.3 is 0 Å². The van der Waals surface area contributed by atoms with Crippen LogP contribution in [0.2, 0.25) is 0 Å². The van der Waals surface area contributed by atoms with E-state index in [1.54, 1.807) is 12.5 Å². The molecule has 7 heteroatoms. The summed E-state index contributed by atoms with van der Waals surface area (Å²) in [6, 6.07) is 0. The molecule has 7 nitrogen and oxygen atoms in total. The molecule has 0 atom stereocenters. The molecular formula is C13H13N5O2. The normalized spacial score (nSPS) is 15.6. The van der Waals surface area contributed by atoms with Gasteiger partial charge in [0.15, 0.2) is 5.52 Å². The molecule has 3 aromatic rings. The van der Waals surface area contributed by atoms with Crippen LogP contribution in [0.25, 0.3) is 11.0 Å². The first kappa shape index (κ1) is 11.4. The van der Waals surface area contributed by atoms with Crippen LogP contribution in [0.5, 0.6) is 0 Å². The van der Waals surface area contributed by atoms with Crippen LogP contribution in [0.15, 0.2) is 28.1 Å². The number of aromatic nitrogens is 5. The smallest absolute Gasteiger partial charge is 0.295 e. The van der Waals surface area contributed by atoms with E-state index >= 15 is 0 Å². The molecule has 0 amide bonds. The third kappa shape index (κ3) is 1.66. The van der Waals surface area contributed by atoms with E-state index in [9.17, 15) is 4.79 Å². The average Bonchev–Trinajstić information content (AvgIpc) is 3.01. The number of nitrogens with zero attached hydrogens (tertiary/aromatic N) is 4. The van der Waals surface area contributed by atoms with Crippen molar-refractivity contribution in [1.82, 2.24) is 24.9 Å².